The Labute approximate surface area is 139 Å². The fraction of sp³-hybridized carbons (Fsp3) is 0.412. The molecule has 1 saturated heterocycles. The Morgan fingerprint density at radius 1 is 1.38 bits per heavy atom. The third-order valence-corrected chi connectivity index (χ3v) is 4.38. The molecule has 0 atom stereocenters. The molecule has 1 aromatic carbocycles. The lowest BCUT2D eigenvalue weighted by atomic mass is 9.96. The summed E-state index contributed by atoms with van der Waals surface area (Å²) < 4.78 is 11.0. The van der Waals surface area contributed by atoms with Crippen LogP contribution in [0.1, 0.15) is 18.6 Å². The van der Waals surface area contributed by atoms with Crippen molar-refractivity contribution in [2.45, 2.75) is 19.4 Å². The smallest absolute Gasteiger partial charge is 0.317 e. The highest BCUT2D eigenvalue weighted by atomic mass is 16.5. The van der Waals surface area contributed by atoms with E-state index in [4.69, 9.17) is 14.9 Å². The molecule has 0 unspecified atom stereocenters. The predicted molar refractivity (Wildman–Crippen MR) is 88.5 cm³/mol. The van der Waals surface area contributed by atoms with E-state index < -0.39 is 0 Å². The number of hydrogen-bond acceptors (Lipinski definition) is 4. The second kappa shape index (κ2) is 6.82. The number of furan rings is 1. The molecule has 0 bridgehead atoms. The molecule has 1 aromatic heterocycles. The van der Waals surface area contributed by atoms with Crippen LogP contribution in [-0.4, -0.2) is 37.0 Å². The summed E-state index contributed by atoms with van der Waals surface area (Å²) in [6, 6.07) is 7.38. The van der Waals surface area contributed by atoms with Crippen LogP contribution in [0.3, 0.4) is 0 Å². The van der Waals surface area contributed by atoms with E-state index in [0.29, 0.717) is 49.6 Å². The number of carbonyl (C=O) groups excluding carboxylic acids is 2. The first-order valence-corrected chi connectivity index (χ1v) is 7.96. The number of nitrogens with one attached hydrogen (secondary N) is 1. The highest BCUT2D eigenvalue weighted by Crippen LogP contribution is 2.28. The number of nitrogens with zero attached hydrogens (tertiary/aromatic N) is 1. The molecule has 2 aromatic rings. The lowest BCUT2D eigenvalue weighted by molar-refractivity contribution is -0.123. The summed E-state index contributed by atoms with van der Waals surface area (Å²) in [6.07, 6.45) is 1.23. The van der Waals surface area contributed by atoms with Gasteiger partial charge in [-0.3, -0.25) is 4.79 Å². The van der Waals surface area contributed by atoms with E-state index in [0.717, 1.165) is 5.39 Å². The normalized spacial score (nSPS) is 15.5. The van der Waals surface area contributed by atoms with Crippen molar-refractivity contribution in [3.63, 3.8) is 0 Å². The largest absolute Gasteiger partial charge is 0.493 e. The molecule has 0 spiro atoms. The Hall–Kier alpha value is -2.70. The minimum absolute atomic E-state index is 0.128. The predicted octanol–water partition coefficient (Wildman–Crippen LogP) is 1.85. The average molecular weight is 331 g/mol. The van der Waals surface area contributed by atoms with Crippen LogP contribution < -0.4 is 15.8 Å². The summed E-state index contributed by atoms with van der Waals surface area (Å²) in [6.45, 7) is 1.37. The number of rotatable bonds is 4. The Balaban J connectivity index is 1.58. The zero-order chi connectivity index (χ0) is 17.1. The van der Waals surface area contributed by atoms with Gasteiger partial charge in [-0.2, -0.15) is 0 Å². The van der Waals surface area contributed by atoms with Gasteiger partial charge in [0, 0.05) is 24.4 Å². The van der Waals surface area contributed by atoms with Gasteiger partial charge in [-0.1, -0.05) is 12.1 Å². The van der Waals surface area contributed by atoms with Crippen LogP contribution >= 0.6 is 0 Å². The third kappa shape index (κ3) is 3.29. The quantitative estimate of drug-likeness (QED) is 0.893. The summed E-state index contributed by atoms with van der Waals surface area (Å²) in [5, 5.41) is 3.78. The molecule has 1 aliphatic rings. The van der Waals surface area contributed by atoms with Gasteiger partial charge in [0.15, 0.2) is 11.3 Å². The van der Waals surface area contributed by atoms with E-state index in [2.05, 4.69) is 5.32 Å². The maximum absolute atomic E-state index is 12.2. The number of carbonyl (C=O) groups is 2. The minimum Gasteiger partial charge on any atom is -0.493 e. The fourth-order valence-corrected chi connectivity index (χ4v) is 2.98. The van der Waals surface area contributed by atoms with E-state index in [1.165, 1.54) is 0 Å². The average Bonchev–Trinajstić information content (AvgIpc) is 3.02. The van der Waals surface area contributed by atoms with Crippen molar-refractivity contribution in [3.8, 4) is 5.75 Å². The number of ether oxygens (including phenoxy) is 1. The minimum atomic E-state index is -0.286. The second-order valence-electron chi connectivity index (χ2n) is 5.91. The van der Waals surface area contributed by atoms with E-state index in [1.54, 1.807) is 12.0 Å². The topological polar surface area (TPSA) is 97.8 Å². The molecule has 0 aliphatic carbocycles. The van der Waals surface area contributed by atoms with Gasteiger partial charge in [0.25, 0.3) is 0 Å². The van der Waals surface area contributed by atoms with E-state index >= 15 is 0 Å². The summed E-state index contributed by atoms with van der Waals surface area (Å²) in [7, 11) is 1.59. The van der Waals surface area contributed by atoms with Gasteiger partial charge in [0.2, 0.25) is 5.91 Å². The fourth-order valence-electron chi connectivity index (χ4n) is 2.98. The monoisotopic (exact) mass is 331 g/mol. The van der Waals surface area contributed by atoms with Crippen molar-refractivity contribution in [1.82, 2.24) is 10.2 Å². The van der Waals surface area contributed by atoms with Gasteiger partial charge in [-0.05, 0) is 25.0 Å². The van der Waals surface area contributed by atoms with E-state index in [1.807, 2.05) is 24.3 Å². The number of nitrogens with two attached hydrogens (primary N) is 1. The highest BCUT2D eigenvalue weighted by molar-refractivity contribution is 5.84. The lowest BCUT2D eigenvalue weighted by Crippen LogP contribution is -2.46. The number of urea groups is 1. The molecule has 7 heteroatoms. The summed E-state index contributed by atoms with van der Waals surface area (Å²) in [5.41, 5.74) is 5.98. The first kappa shape index (κ1) is 16.2. The number of para-hydroxylation sites is 1. The number of methoxy groups -OCH3 is 1. The third-order valence-electron chi connectivity index (χ3n) is 4.38. The molecule has 2 heterocycles. The van der Waals surface area contributed by atoms with Crippen molar-refractivity contribution in [2.24, 2.45) is 11.7 Å². The van der Waals surface area contributed by atoms with E-state index in [-0.39, 0.29) is 17.9 Å². The molecule has 0 saturated carbocycles. The van der Waals surface area contributed by atoms with Crippen LogP contribution in [-0.2, 0) is 11.3 Å². The molecule has 24 heavy (non-hydrogen) atoms. The molecule has 0 radical (unpaired) electrons. The number of amides is 3. The number of hydrogen-bond donors (Lipinski definition) is 2. The van der Waals surface area contributed by atoms with Crippen LogP contribution in [0.15, 0.2) is 28.7 Å². The van der Waals surface area contributed by atoms with Crippen molar-refractivity contribution >= 4 is 22.9 Å². The van der Waals surface area contributed by atoms with Crippen molar-refractivity contribution in [2.75, 3.05) is 20.2 Å². The molecule has 1 aliphatic heterocycles. The molecular formula is C17H21N3O4. The Bertz CT molecular complexity index is 747. The van der Waals surface area contributed by atoms with Gasteiger partial charge in [0.05, 0.1) is 13.7 Å². The molecule has 7 nitrogen and oxygen atoms in total. The van der Waals surface area contributed by atoms with Crippen LogP contribution in [0.2, 0.25) is 0 Å². The van der Waals surface area contributed by atoms with Crippen LogP contribution in [0.25, 0.3) is 11.0 Å². The first-order chi connectivity index (χ1) is 11.6. The Kier molecular flexibility index (Phi) is 4.59. The maximum atomic E-state index is 12.2. The number of benzene rings is 1. The van der Waals surface area contributed by atoms with Gasteiger partial charge in [0.1, 0.15) is 5.76 Å². The molecule has 1 fully saturated rings. The van der Waals surface area contributed by atoms with Crippen molar-refractivity contribution < 1.29 is 18.7 Å². The summed E-state index contributed by atoms with van der Waals surface area (Å²) in [4.78, 5) is 25.1. The first-order valence-electron chi connectivity index (χ1n) is 7.96. The van der Waals surface area contributed by atoms with Crippen molar-refractivity contribution in [3.05, 3.63) is 30.0 Å². The Morgan fingerprint density at radius 3 is 2.79 bits per heavy atom. The molecular weight excluding hydrogens is 310 g/mol. The highest BCUT2D eigenvalue weighted by Gasteiger charge is 2.25. The number of piperidine rings is 1. The Morgan fingerprint density at radius 2 is 2.12 bits per heavy atom. The zero-order valence-electron chi connectivity index (χ0n) is 13.6. The van der Waals surface area contributed by atoms with Gasteiger partial charge in [-0.15, -0.1) is 0 Å². The molecule has 3 N–H and O–H groups in total. The van der Waals surface area contributed by atoms with Crippen LogP contribution in [0.4, 0.5) is 4.79 Å². The lowest BCUT2D eigenvalue weighted by Gasteiger charge is -2.30. The number of primary amides is 1. The summed E-state index contributed by atoms with van der Waals surface area (Å²) >= 11 is 0. The molecule has 3 amide bonds. The SMILES string of the molecule is COc1cccc2cc(CNC(=O)N3CCC(C(N)=O)CC3)oc12. The van der Waals surface area contributed by atoms with E-state index in [9.17, 15) is 9.59 Å². The van der Waals surface area contributed by atoms with Crippen LogP contribution in [0, 0.1) is 5.92 Å². The zero-order valence-corrected chi connectivity index (χ0v) is 13.6. The maximum Gasteiger partial charge on any atom is 0.317 e. The molecule has 3 rings (SSSR count). The number of likely N-dealkylation sites (tertiary alicyclic amines) is 1. The van der Waals surface area contributed by atoms with Gasteiger partial charge in [-0.25, -0.2) is 4.79 Å². The number of fused-ring (bicyclic) bond motifs is 1. The second-order valence-corrected chi connectivity index (χ2v) is 5.91. The van der Waals surface area contributed by atoms with Crippen LogP contribution in [0.5, 0.6) is 5.75 Å². The van der Waals surface area contributed by atoms with Gasteiger partial charge >= 0.3 is 6.03 Å². The molecule has 128 valence electrons. The summed E-state index contributed by atoms with van der Waals surface area (Å²) in [5.74, 6) is 0.914. The van der Waals surface area contributed by atoms with Crippen molar-refractivity contribution in [1.29, 1.82) is 0 Å². The van der Waals surface area contributed by atoms with Gasteiger partial charge < -0.3 is 25.1 Å². The standard InChI is InChI=1S/C17H21N3O4/c1-23-14-4-2-3-12-9-13(24-15(12)14)10-19-17(22)20-7-5-11(6-8-20)16(18)21/h2-4,9,11H,5-8,10H2,1H3,(H2,18,21)(H,19,22).